The third-order valence-electron chi connectivity index (χ3n) is 4.31. The van der Waals surface area contributed by atoms with Crippen molar-refractivity contribution in [3.8, 4) is 5.75 Å². The lowest BCUT2D eigenvalue weighted by molar-refractivity contribution is 0.0996. The molecule has 1 saturated heterocycles. The van der Waals surface area contributed by atoms with E-state index in [0.29, 0.717) is 17.9 Å². The third-order valence-corrected chi connectivity index (χ3v) is 4.31. The Bertz CT molecular complexity index is 528. The van der Waals surface area contributed by atoms with Gasteiger partial charge in [0.15, 0.2) is 0 Å². The minimum absolute atomic E-state index is 0.448. The van der Waals surface area contributed by atoms with Gasteiger partial charge in [-0.25, -0.2) is 0 Å². The van der Waals surface area contributed by atoms with Gasteiger partial charge in [0.05, 0.1) is 12.2 Å². The Morgan fingerprint density at radius 2 is 1.88 bits per heavy atom. The van der Waals surface area contributed by atoms with E-state index in [1.54, 1.807) is 13.2 Å². The summed E-state index contributed by atoms with van der Waals surface area (Å²) in [6.45, 7) is 6.43. The van der Waals surface area contributed by atoms with Gasteiger partial charge in [0.25, 0.3) is 5.91 Å². The molecule has 24 heavy (non-hydrogen) atoms. The van der Waals surface area contributed by atoms with Gasteiger partial charge in [-0.3, -0.25) is 9.69 Å². The molecule has 0 spiro atoms. The monoisotopic (exact) mass is 335 g/mol. The average Bonchev–Trinajstić information content (AvgIpc) is 2.57. The molecular weight excluding hydrogens is 306 g/mol. The summed E-state index contributed by atoms with van der Waals surface area (Å²) in [5.74, 6) is 0.139. The van der Waals surface area contributed by atoms with Crippen LogP contribution in [0.25, 0.3) is 0 Å². The standard InChI is InChI=1S/C18H29N3O3/c1-20-7-9-21(10-8-20)14-15-5-6-16(18(19)22)17(13-15)24-12-4-3-11-23-2/h5-6,13H,3-4,7-12,14H2,1-2H3,(H2,19,22). The van der Waals surface area contributed by atoms with Crippen molar-refractivity contribution in [3.05, 3.63) is 29.3 Å². The first-order valence-electron chi connectivity index (χ1n) is 8.55. The topological polar surface area (TPSA) is 68.0 Å². The second kappa shape index (κ2) is 9.61. The Balaban J connectivity index is 1.96. The molecule has 1 aliphatic heterocycles. The summed E-state index contributed by atoms with van der Waals surface area (Å²) in [5, 5.41) is 0. The molecule has 6 heteroatoms. The molecule has 0 unspecified atom stereocenters. The number of nitrogens with zero attached hydrogens (tertiary/aromatic N) is 2. The lowest BCUT2D eigenvalue weighted by atomic mass is 10.1. The molecule has 0 aromatic heterocycles. The Kier molecular flexibility index (Phi) is 7.49. The van der Waals surface area contributed by atoms with Crippen LogP contribution in [0.5, 0.6) is 5.75 Å². The zero-order chi connectivity index (χ0) is 17.4. The van der Waals surface area contributed by atoms with Crippen molar-refractivity contribution in [1.29, 1.82) is 0 Å². The van der Waals surface area contributed by atoms with Crippen molar-refractivity contribution >= 4 is 5.91 Å². The van der Waals surface area contributed by atoms with E-state index in [1.165, 1.54) is 0 Å². The number of methoxy groups -OCH3 is 1. The highest BCUT2D eigenvalue weighted by atomic mass is 16.5. The van der Waals surface area contributed by atoms with E-state index in [4.69, 9.17) is 15.2 Å². The van der Waals surface area contributed by atoms with Crippen molar-refractivity contribution in [3.63, 3.8) is 0 Å². The number of hydrogen-bond acceptors (Lipinski definition) is 5. The summed E-state index contributed by atoms with van der Waals surface area (Å²) in [6, 6.07) is 5.70. The number of nitrogens with two attached hydrogens (primary N) is 1. The smallest absolute Gasteiger partial charge is 0.252 e. The predicted molar refractivity (Wildman–Crippen MR) is 94.3 cm³/mol. The van der Waals surface area contributed by atoms with E-state index >= 15 is 0 Å². The van der Waals surface area contributed by atoms with E-state index in [9.17, 15) is 4.79 Å². The molecule has 1 amide bonds. The fraction of sp³-hybridized carbons (Fsp3) is 0.611. The van der Waals surface area contributed by atoms with Crippen LogP contribution in [0, 0.1) is 0 Å². The molecule has 1 aromatic carbocycles. The fourth-order valence-corrected chi connectivity index (χ4v) is 2.78. The third kappa shape index (κ3) is 5.78. The highest BCUT2D eigenvalue weighted by Crippen LogP contribution is 2.22. The number of piperazine rings is 1. The quantitative estimate of drug-likeness (QED) is 0.690. The Labute approximate surface area is 144 Å². The summed E-state index contributed by atoms with van der Waals surface area (Å²) < 4.78 is 10.8. The number of amides is 1. The van der Waals surface area contributed by atoms with Gasteiger partial charge in [0.2, 0.25) is 0 Å². The number of likely N-dealkylation sites (N-methyl/N-ethyl adjacent to an activating group) is 1. The van der Waals surface area contributed by atoms with Crippen LogP contribution in [0.4, 0.5) is 0 Å². The fourth-order valence-electron chi connectivity index (χ4n) is 2.78. The summed E-state index contributed by atoms with van der Waals surface area (Å²) in [7, 11) is 3.84. The van der Waals surface area contributed by atoms with Crippen LogP contribution in [-0.4, -0.2) is 69.3 Å². The predicted octanol–water partition coefficient (Wildman–Crippen LogP) is 1.34. The molecule has 1 fully saturated rings. The number of carbonyl (C=O) groups is 1. The maximum atomic E-state index is 11.6. The number of rotatable bonds is 9. The molecule has 0 atom stereocenters. The van der Waals surface area contributed by atoms with Gasteiger partial charge >= 0.3 is 0 Å². The van der Waals surface area contributed by atoms with Crippen molar-refractivity contribution in [2.24, 2.45) is 5.73 Å². The number of unbranched alkanes of at least 4 members (excludes halogenated alkanes) is 1. The second-order valence-corrected chi connectivity index (χ2v) is 6.32. The number of benzene rings is 1. The zero-order valence-corrected chi connectivity index (χ0v) is 14.8. The minimum atomic E-state index is -0.451. The van der Waals surface area contributed by atoms with Gasteiger partial charge < -0.3 is 20.1 Å². The minimum Gasteiger partial charge on any atom is -0.493 e. The van der Waals surface area contributed by atoms with Crippen LogP contribution >= 0.6 is 0 Å². The number of ether oxygens (including phenoxy) is 2. The Morgan fingerprint density at radius 3 is 2.54 bits per heavy atom. The van der Waals surface area contributed by atoms with Gasteiger partial charge in [-0.05, 0) is 37.6 Å². The molecule has 1 aromatic rings. The maximum absolute atomic E-state index is 11.6. The SMILES string of the molecule is COCCCCOc1cc(CN2CCN(C)CC2)ccc1C(N)=O. The van der Waals surface area contributed by atoms with Crippen molar-refractivity contribution in [1.82, 2.24) is 9.80 Å². The molecule has 2 rings (SSSR count). The average molecular weight is 335 g/mol. The molecule has 0 aliphatic carbocycles. The van der Waals surface area contributed by atoms with Gasteiger partial charge in [0, 0.05) is 46.4 Å². The van der Waals surface area contributed by atoms with Crippen molar-refractivity contribution < 1.29 is 14.3 Å². The van der Waals surface area contributed by atoms with Crippen LogP contribution in [0.15, 0.2) is 18.2 Å². The summed E-state index contributed by atoms with van der Waals surface area (Å²) in [5.41, 5.74) is 7.06. The normalized spacial score (nSPS) is 16.2. The summed E-state index contributed by atoms with van der Waals surface area (Å²) >= 11 is 0. The first-order valence-corrected chi connectivity index (χ1v) is 8.55. The first kappa shape index (κ1) is 18.7. The van der Waals surface area contributed by atoms with E-state index in [1.807, 2.05) is 12.1 Å². The highest BCUT2D eigenvalue weighted by molar-refractivity contribution is 5.95. The lowest BCUT2D eigenvalue weighted by Gasteiger charge is -2.32. The van der Waals surface area contributed by atoms with E-state index in [-0.39, 0.29) is 0 Å². The number of carbonyl (C=O) groups excluding carboxylic acids is 1. The van der Waals surface area contributed by atoms with E-state index in [0.717, 1.165) is 57.7 Å². The molecule has 0 bridgehead atoms. The molecule has 134 valence electrons. The molecule has 2 N–H and O–H groups in total. The van der Waals surface area contributed by atoms with Crippen LogP contribution in [-0.2, 0) is 11.3 Å². The summed E-state index contributed by atoms with van der Waals surface area (Å²) in [6.07, 6.45) is 1.82. The van der Waals surface area contributed by atoms with Crippen LogP contribution in [0.1, 0.15) is 28.8 Å². The van der Waals surface area contributed by atoms with Crippen molar-refractivity contribution in [2.75, 3.05) is 53.6 Å². The molecule has 6 nitrogen and oxygen atoms in total. The maximum Gasteiger partial charge on any atom is 0.252 e. The highest BCUT2D eigenvalue weighted by Gasteiger charge is 2.16. The largest absolute Gasteiger partial charge is 0.493 e. The van der Waals surface area contributed by atoms with Gasteiger partial charge in [-0.15, -0.1) is 0 Å². The van der Waals surface area contributed by atoms with E-state index < -0.39 is 5.91 Å². The summed E-state index contributed by atoms with van der Waals surface area (Å²) in [4.78, 5) is 16.4. The molecular formula is C18H29N3O3. The number of hydrogen-bond donors (Lipinski definition) is 1. The van der Waals surface area contributed by atoms with Gasteiger partial charge in [0.1, 0.15) is 5.75 Å². The first-order chi connectivity index (χ1) is 11.6. The molecule has 1 heterocycles. The lowest BCUT2D eigenvalue weighted by Crippen LogP contribution is -2.43. The van der Waals surface area contributed by atoms with Gasteiger partial charge in [-0.1, -0.05) is 6.07 Å². The van der Waals surface area contributed by atoms with Crippen molar-refractivity contribution in [2.45, 2.75) is 19.4 Å². The Morgan fingerprint density at radius 1 is 1.17 bits per heavy atom. The molecule has 0 radical (unpaired) electrons. The second-order valence-electron chi connectivity index (χ2n) is 6.32. The van der Waals surface area contributed by atoms with Gasteiger partial charge in [-0.2, -0.15) is 0 Å². The van der Waals surface area contributed by atoms with E-state index in [2.05, 4.69) is 16.8 Å². The van der Waals surface area contributed by atoms with Crippen LogP contribution in [0.2, 0.25) is 0 Å². The van der Waals surface area contributed by atoms with Crippen LogP contribution < -0.4 is 10.5 Å². The van der Waals surface area contributed by atoms with Crippen LogP contribution in [0.3, 0.4) is 0 Å². The Hall–Kier alpha value is -1.63. The number of primary amides is 1. The zero-order valence-electron chi connectivity index (χ0n) is 14.8. The molecule has 0 saturated carbocycles. The molecule has 1 aliphatic rings.